The van der Waals surface area contributed by atoms with Crippen LogP contribution in [0.4, 0.5) is 0 Å². The molecule has 18 heavy (non-hydrogen) atoms. The van der Waals surface area contributed by atoms with Gasteiger partial charge in [0.25, 0.3) is 0 Å². The predicted octanol–water partition coefficient (Wildman–Crippen LogP) is 4.21. The highest BCUT2D eigenvalue weighted by Crippen LogP contribution is 2.25. The van der Waals surface area contributed by atoms with Crippen molar-refractivity contribution in [3.05, 3.63) is 51.8 Å². The Morgan fingerprint density at radius 1 is 1.33 bits per heavy atom. The summed E-state index contributed by atoms with van der Waals surface area (Å²) in [6.07, 6.45) is 0.999. The molecule has 1 atom stereocenters. The lowest BCUT2D eigenvalue weighted by Crippen LogP contribution is -2.08. The Bertz CT molecular complexity index is 534. The molecule has 0 spiro atoms. The number of aryl methyl sites for hydroxylation is 2. The van der Waals surface area contributed by atoms with E-state index in [4.69, 9.17) is 0 Å². The van der Waals surface area contributed by atoms with E-state index in [1.165, 1.54) is 11.3 Å². The third kappa shape index (κ3) is 3.23. The first-order valence-electron chi connectivity index (χ1n) is 5.91. The van der Waals surface area contributed by atoms with Crippen molar-refractivity contribution in [2.75, 3.05) is 5.33 Å². The maximum absolute atomic E-state index is 4.40. The van der Waals surface area contributed by atoms with E-state index in [0.29, 0.717) is 5.92 Å². The van der Waals surface area contributed by atoms with E-state index in [9.17, 15) is 0 Å². The minimum atomic E-state index is 0.470. The van der Waals surface area contributed by atoms with Gasteiger partial charge in [-0.2, -0.15) is 5.10 Å². The first-order chi connectivity index (χ1) is 8.60. The van der Waals surface area contributed by atoms with Gasteiger partial charge in [0.1, 0.15) is 0 Å². The quantitative estimate of drug-likeness (QED) is 0.736. The molecule has 2 nitrogen and oxygen atoms in total. The first-order valence-corrected chi connectivity index (χ1v) is 7.82. The van der Waals surface area contributed by atoms with Gasteiger partial charge >= 0.3 is 0 Å². The van der Waals surface area contributed by atoms with Gasteiger partial charge in [0.05, 0.1) is 5.69 Å². The van der Waals surface area contributed by atoms with Crippen molar-refractivity contribution in [3.8, 4) is 0 Å². The van der Waals surface area contributed by atoms with Gasteiger partial charge in [0.2, 0.25) is 0 Å². The van der Waals surface area contributed by atoms with Crippen molar-refractivity contribution in [1.29, 1.82) is 0 Å². The van der Waals surface area contributed by atoms with E-state index in [1.54, 1.807) is 0 Å². The normalized spacial score (nSPS) is 12.7. The average Bonchev–Trinajstić information content (AvgIpc) is 2.64. The van der Waals surface area contributed by atoms with Gasteiger partial charge in [-0.15, -0.1) is 0 Å². The summed E-state index contributed by atoms with van der Waals surface area (Å²) in [4.78, 5) is 0. The second-order valence-electron chi connectivity index (χ2n) is 4.51. The molecule has 1 heterocycles. The van der Waals surface area contributed by atoms with Crippen LogP contribution in [0.3, 0.4) is 0 Å². The molecule has 4 heteroatoms. The van der Waals surface area contributed by atoms with Crippen molar-refractivity contribution in [2.45, 2.75) is 19.3 Å². The van der Waals surface area contributed by atoms with Crippen molar-refractivity contribution in [1.82, 2.24) is 9.78 Å². The van der Waals surface area contributed by atoms with Gasteiger partial charge in [-0.3, -0.25) is 4.68 Å². The zero-order valence-electron chi connectivity index (χ0n) is 10.5. The zero-order chi connectivity index (χ0) is 13.1. The van der Waals surface area contributed by atoms with Crippen LogP contribution in [0.15, 0.2) is 34.8 Å². The molecule has 0 saturated carbocycles. The molecule has 1 unspecified atom stereocenters. The maximum Gasteiger partial charge on any atom is 0.0596 e. The van der Waals surface area contributed by atoms with Gasteiger partial charge in [-0.1, -0.05) is 44.0 Å². The Kier molecular flexibility index (Phi) is 4.62. The Balaban J connectivity index is 2.22. The number of aromatic nitrogens is 2. The van der Waals surface area contributed by atoms with E-state index in [0.717, 1.165) is 21.9 Å². The molecule has 96 valence electrons. The number of hydrogen-bond acceptors (Lipinski definition) is 1. The van der Waals surface area contributed by atoms with Crippen LogP contribution in [0.25, 0.3) is 0 Å². The maximum atomic E-state index is 4.40. The van der Waals surface area contributed by atoms with Crippen LogP contribution in [-0.4, -0.2) is 15.1 Å². The number of hydrogen-bond donors (Lipinski definition) is 0. The molecule has 0 saturated heterocycles. The van der Waals surface area contributed by atoms with E-state index in [-0.39, 0.29) is 0 Å². The largest absolute Gasteiger partial charge is 0.272 e. The minimum absolute atomic E-state index is 0.470. The highest BCUT2D eigenvalue weighted by Gasteiger charge is 2.14. The van der Waals surface area contributed by atoms with Crippen LogP contribution in [-0.2, 0) is 13.5 Å². The first kappa shape index (κ1) is 13.8. The molecule has 2 aromatic rings. The number of rotatable bonds is 4. The van der Waals surface area contributed by atoms with Crippen LogP contribution in [0.1, 0.15) is 22.9 Å². The fraction of sp³-hybridized carbons (Fsp3) is 0.357. The van der Waals surface area contributed by atoms with Crippen LogP contribution >= 0.6 is 31.9 Å². The SMILES string of the molecule is Cc1cc(CC(CBr)c2cccc(Br)c2)n(C)n1. The lowest BCUT2D eigenvalue weighted by molar-refractivity contribution is 0.660. The summed E-state index contributed by atoms with van der Waals surface area (Å²) in [6.45, 7) is 2.03. The molecule has 0 bridgehead atoms. The van der Waals surface area contributed by atoms with Crippen LogP contribution < -0.4 is 0 Å². The Morgan fingerprint density at radius 2 is 2.11 bits per heavy atom. The predicted molar refractivity (Wildman–Crippen MR) is 82.3 cm³/mol. The molecule has 0 radical (unpaired) electrons. The lowest BCUT2D eigenvalue weighted by Gasteiger charge is -2.15. The molecule has 1 aromatic carbocycles. The van der Waals surface area contributed by atoms with Gasteiger partial charge < -0.3 is 0 Å². The summed E-state index contributed by atoms with van der Waals surface area (Å²) < 4.78 is 3.11. The molecule has 0 aliphatic carbocycles. The van der Waals surface area contributed by atoms with E-state index >= 15 is 0 Å². The highest BCUT2D eigenvalue weighted by molar-refractivity contribution is 9.10. The molecule has 0 fully saturated rings. The smallest absolute Gasteiger partial charge is 0.0596 e. The Morgan fingerprint density at radius 3 is 2.67 bits per heavy atom. The van der Waals surface area contributed by atoms with E-state index in [1.807, 2.05) is 18.7 Å². The van der Waals surface area contributed by atoms with Gasteiger partial charge in [0.15, 0.2) is 0 Å². The summed E-state index contributed by atoms with van der Waals surface area (Å²) in [7, 11) is 2.01. The lowest BCUT2D eigenvalue weighted by atomic mass is 9.96. The summed E-state index contributed by atoms with van der Waals surface area (Å²) in [6, 6.07) is 10.7. The van der Waals surface area contributed by atoms with Crippen molar-refractivity contribution >= 4 is 31.9 Å². The Hall–Kier alpha value is -0.610. The third-order valence-electron chi connectivity index (χ3n) is 3.06. The number of benzene rings is 1. The van der Waals surface area contributed by atoms with Crippen LogP contribution in [0, 0.1) is 6.92 Å². The van der Waals surface area contributed by atoms with E-state index < -0.39 is 0 Å². The summed E-state index contributed by atoms with van der Waals surface area (Å²) in [5.41, 5.74) is 3.70. The average molecular weight is 372 g/mol. The Labute approximate surface area is 125 Å². The number of nitrogens with zero attached hydrogens (tertiary/aromatic N) is 2. The van der Waals surface area contributed by atoms with E-state index in [2.05, 4.69) is 67.3 Å². The molecular formula is C14H16Br2N2. The monoisotopic (exact) mass is 370 g/mol. The second kappa shape index (κ2) is 6.02. The molecule has 0 N–H and O–H groups in total. The topological polar surface area (TPSA) is 17.8 Å². The fourth-order valence-electron chi connectivity index (χ4n) is 2.13. The molecule has 0 amide bonds. The standard InChI is InChI=1S/C14H16Br2N2/c1-10-6-14(18(2)17-10)8-12(9-15)11-4-3-5-13(16)7-11/h3-7,12H,8-9H2,1-2H3. The molecule has 1 aromatic heterocycles. The number of alkyl halides is 1. The summed E-state index contributed by atoms with van der Waals surface area (Å²) in [5.74, 6) is 0.470. The van der Waals surface area contributed by atoms with Crippen LogP contribution in [0.2, 0.25) is 0 Å². The number of halogens is 2. The third-order valence-corrected chi connectivity index (χ3v) is 4.34. The zero-order valence-corrected chi connectivity index (χ0v) is 13.7. The molecule has 0 aliphatic rings. The second-order valence-corrected chi connectivity index (χ2v) is 6.07. The molecule has 0 aliphatic heterocycles. The molecule has 2 rings (SSSR count). The van der Waals surface area contributed by atoms with Crippen molar-refractivity contribution < 1.29 is 0 Å². The van der Waals surface area contributed by atoms with Crippen molar-refractivity contribution in [3.63, 3.8) is 0 Å². The minimum Gasteiger partial charge on any atom is -0.272 e. The van der Waals surface area contributed by atoms with Gasteiger partial charge in [-0.25, -0.2) is 0 Å². The van der Waals surface area contributed by atoms with Crippen LogP contribution in [0.5, 0.6) is 0 Å². The fourth-order valence-corrected chi connectivity index (χ4v) is 3.15. The summed E-state index contributed by atoms with van der Waals surface area (Å²) in [5, 5.41) is 5.35. The molecular weight excluding hydrogens is 356 g/mol. The van der Waals surface area contributed by atoms with Gasteiger partial charge in [-0.05, 0) is 43.0 Å². The highest BCUT2D eigenvalue weighted by atomic mass is 79.9. The summed E-state index contributed by atoms with van der Waals surface area (Å²) >= 11 is 7.15. The van der Waals surface area contributed by atoms with Gasteiger partial charge in [0, 0.05) is 22.5 Å². The van der Waals surface area contributed by atoms with Crippen molar-refractivity contribution in [2.24, 2.45) is 7.05 Å².